The Hall–Kier alpha value is -0.740. The van der Waals surface area contributed by atoms with Gasteiger partial charge < -0.3 is 15.2 Å². The lowest BCUT2D eigenvalue weighted by Crippen LogP contribution is -2.14. The van der Waals surface area contributed by atoms with Crippen LogP contribution < -0.4 is 15.2 Å². The first-order chi connectivity index (χ1) is 8.50. The number of ether oxygens (including phenoxy) is 2. The molecule has 1 aliphatic heterocycles. The van der Waals surface area contributed by atoms with Crippen LogP contribution in [0.25, 0.3) is 0 Å². The van der Waals surface area contributed by atoms with E-state index in [-0.39, 0.29) is 11.5 Å². The summed E-state index contributed by atoms with van der Waals surface area (Å²) in [5, 5.41) is 0. The second kappa shape index (κ2) is 4.14. The molecule has 1 aliphatic carbocycles. The minimum absolute atomic E-state index is 0.0305. The topological polar surface area (TPSA) is 44.5 Å². The number of hydrogen-bond acceptors (Lipinski definition) is 3. The number of rotatable bonds is 0. The smallest absolute Gasteiger partial charge is 0.166 e. The van der Waals surface area contributed by atoms with Gasteiger partial charge in [-0.15, -0.1) is 0 Å². The number of fused-ring (bicyclic) bond motifs is 3. The van der Waals surface area contributed by atoms with Crippen LogP contribution in [0.1, 0.15) is 43.9 Å². The third kappa shape index (κ3) is 1.74. The average Bonchev–Trinajstić information content (AvgIpc) is 2.46. The van der Waals surface area contributed by atoms with Gasteiger partial charge in [0, 0.05) is 22.5 Å². The van der Waals surface area contributed by atoms with E-state index in [0.717, 1.165) is 34.4 Å². The lowest BCUT2D eigenvalue weighted by molar-refractivity contribution is 0.295. The molecule has 2 aliphatic rings. The van der Waals surface area contributed by atoms with E-state index >= 15 is 0 Å². The van der Waals surface area contributed by atoms with Crippen molar-refractivity contribution in [1.82, 2.24) is 0 Å². The molecule has 0 saturated heterocycles. The first-order valence-corrected chi connectivity index (χ1v) is 7.18. The van der Waals surface area contributed by atoms with E-state index in [4.69, 9.17) is 15.2 Å². The number of halogens is 1. The quantitative estimate of drug-likeness (QED) is 0.799. The summed E-state index contributed by atoms with van der Waals surface area (Å²) in [4.78, 5) is 0. The molecular weight excluding hydrogens is 294 g/mol. The molecule has 0 spiro atoms. The van der Waals surface area contributed by atoms with Gasteiger partial charge in [-0.1, -0.05) is 29.8 Å². The summed E-state index contributed by atoms with van der Waals surface area (Å²) in [6, 6.07) is 2.06. The van der Waals surface area contributed by atoms with Crippen LogP contribution in [0.2, 0.25) is 0 Å². The second-order valence-corrected chi connectivity index (χ2v) is 6.57. The number of nitrogens with two attached hydrogens (primary N) is 1. The zero-order chi connectivity index (χ0) is 12.9. The van der Waals surface area contributed by atoms with E-state index in [1.54, 1.807) is 0 Å². The predicted octanol–water partition coefficient (Wildman–Crippen LogP) is 3.29. The van der Waals surface area contributed by atoms with Crippen LogP contribution in [-0.2, 0) is 5.41 Å². The van der Waals surface area contributed by atoms with Gasteiger partial charge in [0.05, 0.1) is 13.2 Å². The fraction of sp³-hybridized carbons (Fsp3) is 0.571. The van der Waals surface area contributed by atoms with Gasteiger partial charge >= 0.3 is 0 Å². The summed E-state index contributed by atoms with van der Waals surface area (Å²) in [6.45, 7) is 5.87. The molecule has 3 nitrogen and oxygen atoms in total. The Balaban J connectivity index is 2.25. The van der Waals surface area contributed by atoms with Crippen molar-refractivity contribution in [1.29, 1.82) is 0 Å². The normalized spacial score (nSPS) is 24.6. The highest BCUT2D eigenvalue weighted by atomic mass is 79.9. The van der Waals surface area contributed by atoms with Crippen molar-refractivity contribution in [3.63, 3.8) is 0 Å². The standard InChI is InChI=1S/C14H18BrNO2/c1-14(2)7-9(16)11-12(14)8(15)6-10-13(11)18-5-3-4-17-10/h6,9H,3-5,7,16H2,1-2H3/t9-/m1/s1. The molecule has 98 valence electrons. The van der Waals surface area contributed by atoms with Crippen LogP contribution in [0.4, 0.5) is 0 Å². The third-order valence-electron chi connectivity index (χ3n) is 3.80. The van der Waals surface area contributed by atoms with Crippen LogP contribution in [0.3, 0.4) is 0 Å². The summed E-state index contributed by atoms with van der Waals surface area (Å²) in [6.07, 6.45) is 1.86. The molecular formula is C14H18BrNO2. The van der Waals surface area contributed by atoms with Crippen molar-refractivity contribution in [3.05, 3.63) is 21.7 Å². The Morgan fingerprint density at radius 3 is 2.83 bits per heavy atom. The average molecular weight is 312 g/mol. The van der Waals surface area contributed by atoms with E-state index in [9.17, 15) is 0 Å². The van der Waals surface area contributed by atoms with Crippen molar-refractivity contribution >= 4 is 15.9 Å². The summed E-state index contributed by atoms with van der Waals surface area (Å²) in [5.74, 6) is 1.69. The molecule has 1 heterocycles. The van der Waals surface area contributed by atoms with Gasteiger partial charge in [-0.2, -0.15) is 0 Å². The highest BCUT2D eigenvalue weighted by molar-refractivity contribution is 9.10. The Kier molecular flexibility index (Phi) is 2.83. The lowest BCUT2D eigenvalue weighted by Gasteiger charge is -2.21. The van der Waals surface area contributed by atoms with Gasteiger partial charge in [0.2, 0.25) is 0 Å². The van der Waals surface area contributed by atoms with Crippen LogP contribution in [0, 0.1) is 0 Å². The maximum absolute atomic E-state index is 6.31. The van der Waals surface area contributed by atoms with E-state index in [2.05, 4.69) is 29.8 Å². The molecule has 0 saturated carbocycles. The molecule has 18 heavy (non-hydrogen) atoms. The minimum atomic E-state index is 0.0305. The first kappa shape index (κ1) is 12.3. The Morgan fingerprint density at radius 1 is 1.33 bits per heavy atom. The van der Waals surface area contributed by atoms with Crippen molar-refractivity contribution in [2.24, 2.45) is 5.73 Å². The largest absolute Gasteiger partial charge is 0.490 e. The molecule has 2 N–H and O–H groups in total. The summed E-state index contributed by atoms with van der Waals surface area (Å²) < 4.78 is 12.7. The van der Waals surface area contributed by atoms with Gasteiger partial charge in [0.1, 0.15) is 0 Å². The van der Waals surface area contributed by atoms with Crippen LogP contribution in [-0.4, -0.2) is 13.2 Å². The summed E-state index contributed by atoms with van der Waals surface area (Å²) >= 11 is 3.66. The van der Waals surface area contributed by atoms with Crippen LogP contribution in [0.15, 0.2) is 10.5 Å². The maximum atomic E-state index is 6.31. The molecule has 0 amide bonds. The fourth-order valence-electron chi connectivity index (χ4n) is 3.09. The molecule has 0 unspecified atom stereocenters. The Morgan fingerprint density at radius 2 is 2.06 bits per heavy atom. The van der Waals surface area contributed by atoms with E-state index in [0.29, 0.717) is 13.2 Å². The highest BCUT2D eigenvalue weighted by Crippen LogP contribution is 2.53. The molecule has 0 aromatic heterocycles. The van der Waals surface area contributed by atoms with Crippen molar-refractivity contribution in [3.8, 4) is 11.5 Å². The lowest BCUT2D eigenvalue weighted by atomic mass is 9.86. The predicted molar refractivity (Wildman–Crippen MR) is 74.3 cm³/mol. The van der Waals surface area contributed by atoms with Crippen LogP contribution >= 0.6 is 15.9 Å². The third-order valence-corrected chi connectivity index (χ3v) is 4.43. The number of hydrogen-bond donors (Lipinski definition) is 1. The molecule has 0 bridgehead atoms. The Labute approximate surface area is 116 Å². The van der Waals surface area contributed by atoms with Gasteiger partial charge in [-0.25, -0.2) is 0 Å². The first-order valence-electron chi connectivity index (χ1n) is 6.39. The minimum Gasteiger partial charge on any atom is -0.490 e. The number of benzene rings is 1. The molecule has 1 aromatic carbocycles. The van der Waals surface area contributed by atoms with Crippen LogP contribution in [0.5, 0.6) is 11.5 Å². The molecule has 4 heteroatoms. The SMILES string of the molecule is CC1(C)C[C@@H](N)c2c3c(cc(Br)c21)OCCCO3. The Bertz CT molecular complexity index is 499. The molecule has 0 radical (unpaired) electrons. The van der Waals surface area contributed by atoms with Crippen molar-refractivity contribution in [2.75, 3.05) is 13.2 Å². The highest BCUT2D eigenvalue weighted by Gasteiger charge is 2.40. The summed E-state index contributed by atoms with van der Waals surface area (Å²) in [7, 11) is 0. The van der Waals surface area contributed by atoms with Gasteiger partial charge in [0.25, 0.3) is 0 Å². The second-order valence-electron chi connectivity index (χ2n) is 5.72. The van der Waals surface area contributed by atoms with Gasteiger partial charge in [0.15, 0.2) is 11.5 Å². The van der Waals surface area contributed by atoms with Crippen molar-refractivity contribution < 1.29 is 9.47 Å². The zero-order valence-corrected chi connectivity index (χ0v) is 12.3. The fourth-order valence-corrected chi connectivity index (χ4v) is 4.05. The molecule has 0 fully saturated rings. The zero-order valence-electron chi connectivity index (χ0n) is 10.8. The van der Waals surface area contributed by atoms with Crippen molar-refractivity contribution in [2.45, 2.75) is 38.1 Å². The van der Waals surface area contributed by atoms with E-state index < -0.39 is 0 Å². The van der Waals surface area contributed by atoms with E-state index in [1.807, 2.05) is 6.07 Å². The molecule has 3 rings (SSSR count). The molecule has 1 atom stereocenters. The van der Waals surface area contributed by atoms with E-state index in [1.165, 1.54) is 5.56 Å². The summed E-state index contributed by atoms with van der Waals surface area (Å²) in [5.41, 5.74) is 8.80. The molecule has 1 aromatic rings. The monoisotopic (exact) mass is 311 g/mol. The van der Waals surface area contributed by atoms with Gasteiger partial charge in [-0.05, 0) is 23.5 Å². The maximum Gasteiger partial charge on any atom is 0.166 e. The van der Waals surface area contributed by atoms with Gasteiger partial charge in [-0.3, -0.25) is 0 Å².